The number of nitrogens with one attached hydrogen (secondary N) is 1. The molecule has 2 aromatic carbocycles. The molecule has 0 saturated carbocycles. The number of hydrogen-bond acceptors (Lipinski definition) is 4. The van der Waals surface area contributed by atoms with Crippen molar-refractivity contribution in [3.05, 3.63) is 76.0 Å². The Balaban J connectivity index is 1.94. The summed E-state index contributed by atoms with van der Waals surface area (Å²) in [7, 11) is 0. The van der Waals surface area contributed by atoms with Crippen molar-refractivity contribution in [2.75, 3.05) is 5.32 Å². The van der Waals surface area contributed by atoms with Crippen LogP contribution in [-0.2, 0) is 0 Å². The number of nitro benzene ring substituents is 1. The number of anilines is 1. The Morgan fingerprint density at radius 2 is 1.87 bits per heavy atom. The first-order valence-electron chi connectivity index (χ1n) is 6.96. The Kier molecular flexibility index (Phi) is 3.72. The molecule has 0 unspecified atom stereocenters. The van der Waals surface area contributed by atoms with Gasteiger partial charge in [0.25, 0.3) is 11.6 Å². The third-order valence-electron chi connectivity index (χ3n) is 3.56. The second kappa shape index (κ2) is 5.84. The fourth-order valence-electron chi connectivity index (χ4n) is 2.32. The first kappa shape index (κ1) is 14.6. The number of pyridine rings is 1. The SMILES string of the molecule is Cc1ccc2cccnc2c1NC(=O)c1ccc([N+](=O)[O-])cc1. The minimum Gasteiger partial charge on any atom is -0.320 e. The summed E-state index contributed by atoms with van der Waals surface area (Å²) in [5, 5.41) is 14.4. The molecule has 6 heteroatoms. The summed E-state index contributed by atoms with van der Waals surface area (Å²) in [5.74, 6) is -0.332. The van der Waals surface area contributed by atoms with Crippen LogP contribution in [0.4, 0.5) is 11.4 Å². The number of nitro groups is 1. The lowest BCUT2D eigenvalue weighted by molar-refractivity contribution is -0.384. The molecule has 1 heterocycles. The van der Waals surface area contributed by atoms with Crippen LogP contribution >= 0.6 is 0 Å². The highest BCUT2D eigenvalue weighted by molar-refractivity contribution is 6.09. The maximum absolute atomic E-state index is 12.4. The molecule has 1 aromatic heterocycles. The minimum atomic E-state index is -0.500. The average molecular weight is 307 g/mol. The van der Waals surface area contributed by atoms with Gasteiger partial charge in [0.15, 0.2) is 0 Å². The molecule has 0 spiro atoms. The Hall–Kier alpha value is -3.28. The second-order valence-corrected chi connectivity index (χ2v) is 5.09. The van der Waals surface area contributed by atoms with Gasteiger partial charge in [0.1, 0.15) is 0 Å². The zero-order valence-electron chi connectivity index (χ0n) is 12.3. The van der Waals surface area contributed by atoms with E-state index in [9.17, 15) is 14.9 Å². The van der Waals surface area contributed by atoms with Gasteiger partial charge >= 0.3 is 0 Å². The summed E-state index contributed by atoms with van der Waals surface area (Å²) in [6, 6.07) is 13.1. The number of carbonyl (C=O) groups excluding carboxylic acids is 1. The van der Waals surface area contributed by atoms with E-state index in [-0.39, 0.29) is 11.6 Å². The molecule has 23 heavy (non-hydrogen) atoms. The van der Waals surface area contributed by atoms with E-state index in [1.807, 2.05) is 31.2 Å². The number of nitrogens with zero attached hydrogens (tertiary/aromatic N) is 2. The average Bonchev–Trinajstić information content (AvgIpc) is 2.57. The van der Waals surface area contributed by atoms with Crippen molar-refractivity contribution in [2.24, 2.45) is 0 Å². The van der Waals surface area contributed by atoms with Crippen LogP contribution in [0.3, 0.4) is 0 Å². The van der Waals surface area contributed by atoms with Crippen LogP contribution in [0.2, 0.25) is 0 Å². The molecule has 0 atom stereocenters. The van der Waals surface area contributed by atoms with Gasteiger partial charge in [0.2, 0.25) is 0 Å². The number of non-ortho nitro benzene ring substituents is 1. The van der Waals surface area contributed by atoms with Crippen molar-refractivity contribution in [1.29, 1.82) is 0 Å². The summed E-state index contributed by atoms with van der Waals surface area (Å²) in [6.45, 7) is 1.89. The molecule has 0 aliphatic carbocycles. The lowest BCUT2D eigenvalue weighted by Gasteiger charge is -2.11. The summed E-state index contributed by atoms with van der Waals surface area (Å²) in [5.41, 5.74) is 2.55. The van der Waals surface area contributed by atoms with Gasteiger partial charge in [-0.3, -0.25) is 19.9 Å². The molecule has 0 aliphatic rings. The number of benzene rings is 2. The van der Waals surface area contributed by atoms with E-state index in [0.717, 1.165) is 10.9 Å². The topological polar surface area (TPSA) is 85.1 Å². The fourth-order valence-corrected chi connectivity index (χ4v) is 2.32. The number of rotatable bonds is 3. The van der Waals surface area contributed by atoms with Crippen LogP contribution in [0.5, 0.6) is 0 Å². The standard InChI is InChI=1S/C17H13N3O3/c1-11-4-5-12-3-2-10-18-16(12)15(11)19-17(21)13-6-8-14(9-7-13)20(22)23/h2-10H,1H3,(H,19,21). The summed E-state index contributed by atoms with van der Waals surface area (Å²) in [4.78, 5) is 26.9. The Morgan fingerprint density at radius 3 is 2.57 bits per heavy atom. The van der Waals surface area contributed by atoms with Gasteiger partial charge in [-0.25, -0.2) is 0 Å². The first-order valence-corrected chi connectivity index (χ1v) is 6.96. The van der Waals surface area contributed by atoms with E-state index in [1.54, 1.807) is 6.20 Å². The molecule has 6 nitrogen and oxygen atoms in total. The van der Waals surface area contributed by atoms with Crippen molar-refractivity contribution in [3.8, 4) is 0 Å². The van der Waals surface area contributed by atoms with Crippen LogP contribution in [0.15, 0.2) is 54.7 Å². The lowest BCUT2D eigenvalue weighted by atomic mass is 10.1. The normalized spacial score (nSPS) is 10.5. The van der Waals surface area contributed by atoms with Crippen molar-refractivity contribution < 1.29 is 9.72 Å². The number of aromatic nitrogens is 1. The van der Waals surface area contributed by atoms with Crippen LogP contribution in [0.25, 0.3) is 10.9 Å². The predicted octanol–water partition coefficient (Wildman–Crippen LogP) is 3.70. The number of amides is 1. The lowest BCUT2D eigenvalue weighted by Crippen LogP contribution is -2.13. The molecule has 0 fully saturated rings. The van der Waals surface area contributed by atoms with Gasteiger partial charge in [-0.2, -0.15) is 0 Å². The van der Waals surface area contributed by atoms with Crippen LogP contribution in [0.1, 0.15) is 15.9 Å². The highest BCUT2D eigenvalue weighted by Gasteiger charge is 2.13. The smallest absolute Gasteiger partial charge is 0.269 e. The van der Waals surface area contributed by atoms with Gasteiger partial charge in [0.05, 0.1) is 16.1 Å². The molecule has 0 saturated heterocycles. The van der Waals surface area contributed by atoms with Crippen molar-refractivity contribution >= 4 is 28.2 Å². The van der Waals surface area contributed by atoms with E-state index >= 15 is 0 Å². The van der Waals surface area contributed by atoms with E-state index in [4.69, 9.17) is 0 Å². The molecule has 0 bridgehead atoms. The quantitative estimate of drug-likeness (QED) is 0.590. The van der Waals surface area contributed by atoms with Crippen LogP contribution in [-0.4, -0.2) is 15.8 Å². The highest BCUT2D eigenvalue weighted by Crippen LogP contribution is 2.25. The summed E-state index contributed by atoms with van der Waals surface area (Å²) in [6.07, 6.45) is 1.67. The second-order valence-electron chi connectivity index (χ2n) is 5.09. The van der Waals surface area contributed by atoms with Crippen molar-refractivity contribution in [2.45, 2.75) is 6.92 Å². The molecule has 114 valence electrons. The zero-order valence-corrected chi connectivity index (χ0v) is 12.3. The summed E-state index contributed by atoms with van der Waals surface area (Å²) < 4.78 is 0. The monoisotopic (exact) mass is 307 g/mol. The summed E-state index contributed by atoms with van der Waals surface area (Å²) >= 11 is 0. The molecule has 0 aliphatic heterocycles. The Bertz CT molecular complexity index is 905. The molecule has 1 N–H and O–H groups in total. The largest absolute Gasteiger partial charge is 0.320 e. The van der Waals surface area contributed by atoms with Gasteiger partial charge in [0, 0.05) is 29.3 Å². The van der Waals surface area contributed by atoms with Gasteiger partial charge in [-0.1, -0.05) is 18.2 Å². The highest BCUT2D eigenvalue weighted by atomic mass is 16.6. The number of hydrogen-bond donors (Lipinski definition) is 1. The van der Waals surface area contributed by atoms with Crippen molar-refractivity contribution in [3.63, 3.8) is 0 Å². The maximum atomic E-state index is 12.4. The van der Waals surface area contributed by atoms with Crippen LogP contribution < -0.4 is 5.32 Å². The molecule has 0 radical (unpaired) electrons. The predicted molar refractivity (Wildman–Crippen MR) is 87.5 cm³/mol. The Morgan fingerprint density at radius 1 is 1.13 bits per heavy atom. The van der Waals surface area contributed by atoms with E-state index in [2.05, 4.69) is 10.3 Å². The van der Waals surface area contributed by atoms with Crippen molar-refractivity contribution in [1.82, 2.24) is 4.98 Å². The van der Waals surface area contributed by atoms with Crippen LogP contribution in [0, 0.1) is 17.0 Å². The molecule has 1 amide bonds. The molecule has 3 rings (SSSR count). The number of fused-ring (bicyclic) bond motifs is 1. The zero-order chi connectivity index (χ0) is 16.4. The number of aryl methyl sites for hydroxylation is 1. The van der Waals surface area contributed by atoms with E-state index in [1.165, 1.54) is 24.3 Å². The molecule has 3 aromatic rings. The molecular weight excluding hydrogens is 294 g/mol. The maximum Gasteiger partial charge on any atom is 0.269 e. The fraction of sp³-hybridized carbons (Fsp3) is 0.0588. The van der Waals surface area contributed by atoms with E-state index < -0.39 is 4.92 Å². The number of carbonyl (C=O) groups is 1. The first-order chi connectivity index (χ1) is 11.1. The minimum absolute atomic E-state index is 0.0513. The van der Waals surface area contributed by atoms with Gasteiger partial charge < -0.3 is 5.32 Å². The third-order valence-corrected chi connectivity index (χ3v) is 3.56. The van der Waals surface area contributed by atoms with Gasteiger partial charge in [-0.15, -0.1) is 0 Å². The van der Waals surface area contributed by atoms with Gasteiger partial charge in [-0.05, 0) is 30.7 Å². The molecular formula is C17H13N3O3. The Labute approximate surface area is 131 Å². The third kappa shape index (κ3) is 2.87. The van der Waals surface area contributed by atoms with E-state index in [0.29, 0.717) is 16.8 Å².